The Balaban J connectivity index is 1.44. The molecule has 8 nitrogen and oxygen atoms in total. The van der Waals surface area contributed by atoms with Crippen molar-refractivity contribution in [3.05, 3.63) is 58.8 Å². The van der Waals surface area contributed by atoms with Gasteiger partial charge in [-0.15, -0.1) is 11.3 Å². The lowest BCUT2D eigenvalue weighted by atomic mass is 10.2. The number of aryl methyl sites for hydroxylation is 1. The summed E-state index contributed by atoms with van der Waals surface area (Å²) in [5, 5.41) is 4.74. The fraction of sp³-hybridized carbons (Fsp3) is 0.333. The Hall–Kier alpha value is -2.53. The van der Waals surface area contributed by atoms with Gasteiger partial charge >= 0.3 is 0 Å². The molecule has 1 aliphatic rings. The number of oxazole rings is 1. The lowest BCUT2D eigenvalue weighted by Crippen LogP contribution is -2.41. The second-order valence-corrected chi connectivity index (χ2v) is 9.93. The third-order valence-corrected chi connectivity index (χ3v) is 7.85. The molecule has 3 heterocycles. The number of benzene rings is 1. The fourth-order valence-electron chi connectivity index (χ4n) is 3.33. The standard InChI is InChI=1S/C21H23N3O5S2/c1-15-17(23-21(29-15)18-6-4-12-30-18)13-20(25)22-14-16-5-2-3-7-19(16)31(26,27)24-8-10-28-11-9-24/h2-7,12H,8-11,13-14H2,1H3,(H,22,25). The highest BCUT2D eigenvalue weighted by Crippen LogP contribution is 2.26. The van der Waals surface area contributed by atoms with E-state index in [1.54, 1.807) is 31.2 Å². The zero-order valence-electron chi connectivity index (χ0n) is 17.0. The SMILES string of the molecule is Cc1oc(-c2cccs2)nc1CC(=O)NCc1ccccc1S(=O)(=O)N1CCOCC1. The topological polar surface area (TPSA) is 102 Å². The molecule has 1 N–H and O–H groups in total. The summed E-state index contributed by atoms with van der Waals surface area (Å²) in [6.45, 7) is 3.28. The molecule has 0 bridgehead atoms. The first-order valence-corrected chi connectivity index (χ1v) is 12.2. The maximum atomic E-state index is 13.0. The van der Waals surface area contributed by atoms with Crippen molar-refractivity contribution in [3.8, 4) is 10.8 Å². The van der Waals surface area contributed by atoms with E-state index in [1.807, 2.05) is 17.5 Å². The van der Waals surface area contributed by atoms with Gasteiger partial charge in [0.1, 0.15) is 5.76 Å². The maximum absolute atomic E-state index is 13.0. The molecule has 1 amide bonds. The molecule has 164 valence electrons. The van der Waals surface area contributed by atoms with E-state index in [1.165, 1.54) is 15.6 Å². The van der Waals surface area contributed by atoms with Crippen LogP contribution in [0.1, 0.15) is 17.0 Å². The number of ether oxygens (including phenoxy) is 1. The summed E-state index contributed by atoms with van der Waals surface area (Å²) in [5.41, 5.74) is 1.11. The molecule has 1 saturated heterocycles. The number of amides is 1. The number of rotatable bonds is 7. The minimum Gasteiger partial charge on any atom is -0.440 e. The number of thiophene rings is 1. The predicted molar refractivity (Wildman–Crippen MR) is 116 cm³/mol. The number of morpholine rings is 1. The van der Waals surface area contributed by atoms with Crippen LogP contribution < -0.4 is 5.32 Å². The minimum absolute atomic E-state index is 0.0547. The Morgan fingerprint density at radius 1 is 1.19 bits per heavy atom. The van der Waals surface area contributed by atoms with Crippen molar-refractivity contribution in [1.82, 2.24) is 14.6 Å². The minimum atomic E-state index is -3.65. The highest BCUT2D eigenvalue weighted by molar-refractivity contribution is 7.89. The lowest BCUT2D eigenvalue weighted by Gasteiger charge is -2.27. The average molecular weight is 462 g/mol. The van der Waals surface area contributed by atoms with Crippen molar-refractivity contribution in [1.29, 1.82) is 0 Å². The quantitative estimate of drug-likeness (QED) is 0.580. The maximum Gasteiger partial charge on any atom is 0.243 e. The molecule has 4 rings (SSSR count). The van der Waals surface area contributed by atoms with E-state index in [2.05, 4.69) is 10.3 Å². The summed E-state index contributed by atoms with van der Waals surface area (Å²) >= 11 is 1.51. The second-order valence-electron chi connectivity index (χ2n) is 7.08. The van der Waals surface area contributed by atoms with Crippen LogP contribution in [-0.2, 0) is 32.5 Å². The number of nitrogens with zero attached hydrogens (tertiary/aromatic N) is 2. The Kier molecular flexibility index (Phi) is 6.51. The summed E-state index contributed by atoms with van der Waals surface area (Å²) in [7, 11) is -3.65. The molecule has 1 fully saturated rings. The van der Waals surface area contributed by atoms with Gasteiger partial charge in [0.15, 0.2) is 0 Å². The molecule has 0 spiro atoms. The van der Waals surface area contributed by atoms with Crippen LogP contribution in [0.5, 0.6) is 0 Å². The first kappa shape index (κ1) is 21.7. The molecule has 1 aromatic carbocycles. The Morgan fingerprint density at radius 2 is 1.97 bits per heavy atom. The summed E-state index contributed by atoms with van der Waals surface area (Å²) in [6.07, 6.45) is 0.0547. The molecule has 0 radical (unpaired) electrons. The Bertz CT molecular complexity index is 1150. The zero-order chi connectivity index (χ0) is 21.8. The molecular formula is C21H23N3O5S2. The van der Waals surface area contributed by atoms with Crippen LogP contribution in [0.3, 0.4) is 0 Å². The third kappa shape index (κ3) is 4.87. The molecule has 0 unspecified atom stereocenters. The monoisotopic (exact) mass is 461 g/mol. The molecule has 0 atom stereocenters. The van der Waals surface area contributed by atoms with Gasteiger partial charge in [0.05, 0.1) is 35.1 Å². The smallest absolute Gasteiger partial charge is 0.243 e. The normalized spacial score (nSPS) is 15.1. The predicted octanol–water partition coefficient (Wildman–Crippen LogP) is 2.59. The van der Waals surface area contributed by atoms with Crippen molar-refractivity contribution in [2.75, 3.05) is 26.3 Å². The molecule has 31 heavy (non-hydrogen) atoms. The number of nitrogens with one attached hydrogen (secondary N) is 1. The second kappa shape index (κ2) is 9.31. The van der Waals surface area contributed by atoms with E-state index < -0.39 is 10.0 Å². The van der Waals surface area contributed by atoms with Crippen molar-refractivity contribution in [3.63, 3.8) is 0 Å². The summed E-state index contributed by atoms with van der Waals surface area (Å²) in [6, 6.07) is 10.5. The van der Waals surface area contributed by atoms with E-state index in [0.717, 1.165) is 4.88 Å². The Morgan fingerprint density at radius 3 is 2.71 bits per heavy atom. The fourth-order valence-corrected chi connectivity index (χ4v) is 5.61. The van der Waals surface area contributed by atoms with Gasteiger partial charge in [-0.2, -0.15) is 4.31 Å². The van der Waals surface area contributed by atoms with Gasteiger partial charge in [-0.05, 0) is 30.0 Å². The van der Waals surface area contributed by atoms with Crippen LogP contribution in [0.25, 0.3) is 10.8 Å². The molecule has 2 aromatic heterocycles. The van der Waals surface area contributed by atoms with Gasteiger partial charge in [-0.3, -0.25) is 4.79 Å². The molecule has 10 heteroatoms. The summed E-state index contributed by atoms with van der Waals surface area (Å²) in [5.74, 6) is 0.832. The number of carbonyl (C=O) groups is 1. The largest absolute Gasteiger partial charge is 0.440 e. The molecular weight excluding hydrogens is 438 g/mol. The molecule has 3 aromatic rings. The van der Waals surface area contributed by atoms with Crippen LogP contribution in [0.2, 0.25) is 0 Å². The highest BCUT2D eigenvalue weighted by atomic mass is 32.2. The lowest BCUT2D eigenvalue weighted by molar-refractivity contribution is -0.120. The third-order valence-electron chi connectivity index (χ3n) is 4.99. The van der Waals surface area contributed by atoms with Crippen molar-refractivity contribution in [2.45, 2.75) is 24.8 Å². The first-order valence-electron chi connectivity index (χ1n) is 9.88. The zero-order valence-corrected chi connectivity index (χ0v) is 18.7. The van der Waals surface area contributed by atoms with Crippen molar-refractivity contribution >= 4 is 27.3 Å². The van der Waals surface area contributed by atoms with Gasteiger partial charge in [-0.1, -0.05) is 24.3 Å². The van der Waals surface area contributed by atoms with Gasteiger partial charge < -0.3 is 14.5 Å². The van der Waals surface area contributed by atoms with Gasteiger partial charge in [0.25, 0.3) is 0 Å². The average Bonchev–Trinajstić information content (AvgIpc) is 3.43. The number of sulfonamides is 1. The van der Waals surface area contributed by atoms with Crippen LogP contribution in [0, 0.1) is 6.92 Å². The number of hydrogen-bond acceptors (Lipinski definition) is 7. The van der Waals surface area contributed by atoms with Crippen LogP contribution in [0.4, 0.5) is 0 Å². The number of hydrogen-bond donors (Lipinski definition) is 1. The van der Waals surface area contributed by atoms with Crippen molar-refractivity contribution < 1.29 is 22.4 Å². The van der Waals surface area contributed by atoms with Gasteiger partial charge in [-0.25, -0.2) is 13.4 Å². The Labute approximate surface area is 184 Å². The van der Waals surface area contributed by atoms with E-state index in [-0.39, 0.29) is 23.8 Å². The molecule has 1 aliphatic heterocycles. The van der Waals surface area contributed by atoms with Crippen molar-refractivity contribution in [2.24, 2.45) is 0 Å². The summed E-state index contributed by atoms with van der Waals surface area (Å²) < 4.78 is 38.4. The van der Waals surface area contributed by atoms with E-state index in [4.69, 9.17) is 9.15 Å². The highest BCUT2D eigenvalue weighted by Gasteiger charge is 2.28. The number of aromatic nitrogens is 1. The van der Waals surface area contributed by atoms with E-state index >= 15 is 0 Å². The van der Waals surface area contributed by atoms with Crippen LogP contribution in [0.15, 0.2) is 51.1 Å². The van der Waals surface area contributed by atoms with Gasteiger partial charge in [0, 0.05) is 19.6 Å². The van der Waals surface area contributed by atoms with E-state index in [9.17, 15) is 13.2 Å². The van der Waals surface area contributed by atoms with Crippen LogP contribution in [-0.4, -0.2) is 49.9 Å². The number of carbonyl (C=O) groups excluding carboxylic acids is 1. The van der Waals surface area contributed by atoms with E-state index in [0.29, 0.717) is 49.2 Å². The molecule has 0 saturated carbocycles. The summed E-state index contributed by atoms with van der Waals surface area (Å²) in [4.78, 5) is 18.1. The molecule has 0 aliphatic carbocycles. The van der Waals surface area contributed by atoms with Gasteiger partial charge in [0.2, 0.25) is 21.8 Å². The first-order chi connectivity index (χ1) is 14.9. The van der Waals surface area contributed by atoms with Crippen LogP contribution >= 0.6 is 11.3 Å².